The molecule has 0 aromatic heterocycles. The Bertz CT molecular complexity index is 1060. The summed E-state index contributed by atoms with van der Waals surface area (Å²) in [4.78, 5) is 38.1. The highest BCUT2D eigenvalue weighted by atomic mass is 79.9. The van der Waals surface area contributed by atoms with Crippen LogP contribution in [0.15, 0.2) is 50.9 Å². The number of ether oxygens (including phenoxy) is 1. The highest BCUT2D eigenvalue weighted by Crippen LogP contribution is 2.35. The molecule has 1 fully saturated rings. The number of rotatable bonds is 4. The SMILES string of the molecule is C#CCOc1c(Br)cc(/C=C2\C(=O)NC(=O)N(c3ccc(O)cc3)C2=O)cc1Br. The van der Waals surface area contributed by atoms with Crippen molar-refractivity contribution < 1.29 is 24.2 Å². The first-order chi connectivity index (χ1) is 13.8. The minimum absolute atomic E-state index is 0.0210. The Kier molecular flexibility index (Phi) is 6.06. The summed E-state index contributed by atoms with van der Waals surface area (Å²) in [7, 11) is 0. The molecule has 2 N–H and O–H groups in total. The van der Waals surface area contributed by atoms with Gasteiger partial charge in [0.1, 0.15) is 23.7 Å². The topological polar surface area (TPSA) is 95.9 Å². The van der Waals surface area contributed by atoms with Gasteiger partial charge in [-0.25, -0.2) is 9.69 Å². The lowest BCUT2D eigenvalue weighted by atomic mass is 10.1. The van der Waals surface area contributed by atoms with Crippen molar-refractivity contribution in [3.63, 3.8) is 0 Å². The van der Waals surface area contributed by atoms with E-state index in [0.29, 0.717) is 20.3 Å². The van der Waals surface area contributed by atoms with Gasteiger partial charge in [0, 0.05) is 0 Å². The normalized spacial score (nSPS) is 15.3. The fourth-order valence-corrected chi connectivity index (χ4v) is 4.03. The summed E-state index contributed by atoms with van der Waals surface area (Å²) in [5.74, 6) is 1.22. The number of urea groups is 1. The predicted molar refractivity (Wildman–Crippen MR) is 113 cm³/mol. The van der Waals surface area contributed by atoms with Crippen LogP contribution in [0.4, 0.5) is 10.5 Å². The first-order valence-corrected chi connectivity index (χ1v) is 9.66. The van der Waals surface area contributed by atoms with E-state index >= 15 is 0 Å². The largest absolute Gasteiger partial charge is 0.508 e. The van der Waals surface area contributed by atoms with Crippen molar-refractivity contribution in [2.75, 3.05) is 11.5 Å². The number of carbonyl (C=O) groups is 3. The molecule has 3 rings (SSSR count). The van der Waals surface area contributed by atoms with Gasteiger partial charge in [-0.2, -0.15) is 0 Å². The van der Waals surface area contributed by atoms with E-state index in [-0.39, 0.29) is 23.6 Å². The third kappa shape index (κ3) is 4.34. The lowest BCUT2D eigenvalue weighted by Gasteiger charge is -2.26. The molecule has 0 bridgehead atoms. The van der Waals surface area contributed by atoms with Crippen LogP contribution >= 0.6 is 31.9 Å². The maximum atomic E-state index is 12.9. The van der Waals surface area contributed by atoms with E-state index in [9.17, 15) is 19.5 Å². The van der Waals surface area contributed by atoms with Gasteiger partial charge >= 0.3 is 6.03 Å². The maximum Gasteiger partial charge on any atom is 0.335 e. The minimum atomic E-state index is -0.872. The Morgan fingerprint density at radius 2 is 1.76 bits per heavy atom. The molecular formula is C20H12Br2N2O5. The summed E-state index contributed by atoms with van der Waals surface area (Å²) in [5, 5.41) is 11.5. The first-order valence-electron chi connectivity index (χ1n) is 8.07. The summed E-state index contributed by atoms with van der Waals surface area (Å²) in [6.07, 6.45) is 6.56. The molecule has 7 nitrogen and oxygen atoms in total. The zero-order chi connectivity index (χ0) is 21.1. The molecule has 146 valence electrons. The monoisotopic (exact) mass is 518 g/mol. The highest BCUT2D eigenvalue weighted by Gasteiger charge is 2.36. The van der Waals surface area contributed by atoms with Gasteiger partial charge in [0.15, 0.2) is 0 Å². The molecule has 2 aromatic rings. The number of phenolic OH excluding ortho intramolecular Hbond substituents is 1. The van der Waals surface area contributed by atoms with Gasteiger partial charge in [0.25, 0.3) is 11.8 Å². The molecule has 1 heterocycles. The van der Waals surface area contributed by atoms with Gasteiger partial charge in [0.2, 0.25) is 0 Å². The van der Waals surface area contributed by atoms with E-state index in [1.165, 1.54) is 30.3 Å². The zero-order valence-electron chi connectivity index (χ0n) is 14.6. The molecule has 0 spiro atoms. The number of barbiturate groups is 1. The summed E-state index contributed by atoms with van der Waals surface area (Å²) in [6, 6.07) is 7.87. The second-order valence-corrected chi connectivity index (χ2v) is 7.49. The fourth-order valence-electron chi connectivity index (χ4n) is 2.57. The fraction of sp³-hybridized carbons (Fsp3) is 0.0500. The number of benzene rings is 2. The minimum Gasteiger partial charge on any atom is -0.508 e. The third-order valence-corrected chi connectivity index (χ3v) is 5.02. The van der Waals surface area contributed by atoms with E-state index in [0.717, 1.165) is 4.90 Å². The molecular weight excluding hydrogens is 508 g/mol. The van der Waals surface area contributed by atoms with Crippen LogP contribution in [-0.4, -0.2) is 29.6 Å². The van der Waals surface area contributed by atoms with Gasteiger partial charge in [-0.3, -0.25) is 14.9 Å². The van der Waals surface area contributed by atoms with Crippen molar-refractivity contribution in [1.29, 1.82) is 0 Å². The van der Waals surface area contributed by atoms with E-state index in [1.807, 2.05) is 0 Å². The number of halogens is 2. The number of hydrogen-bond acceptors (Lipinski definition) is 5. The number of phenols is 1. The number of aromatic hydroxyl groups is 1. The van der Waals surface area contributed by atoms with Crippen LogP contribution in [-0.2, 0) is 9.59 Å². The number of nitrogens with one attached hydrogen (secondary N) is 1. The van der Waals surface area contributed by atoms with E-state index in [4.69, 9.17) is 11.2 Å². The molecule has 4 amide bonds. The van der Waals surface area contributed by atoms with Crippen molar-refractivity contribution in [2.24, 2.45) is 0 Å². The first kappa shape index (κ1) is 20.6. The number of carbonyl (C=O) groups excluding carboxylic acids is 3. The van der Waals surface area contributed by atoms with Crippen molar-refractivity contribution >= 4 is 61.5 Å². The van der Waals surface area contributed by atoms with E-state index in [1.54, 1.807) is 12.1 Å². The second kappa shape index (κ2) is 8.51. The van der Waals surface area contributed by atoms with Crippen LogP contribution in [0.25, 0.3) is 6.08 Å². The molecule has 0 aliphatic carbocycles. The van der Waals surface area contributed by atoms with Crippen molar-refractivity contribution in [3.05, 3.63) is 56.5 Å². The zero-order valence-corrected chi connectivity index (χ0v) is 17.8. The van der Waals surface area contributed by atoms with Crippen molar-refractivity contribution in [2.45, 2.75) is 0 Å². The molecule has 29 heavy (non-hydrogen) atoms. The number of hydrogen-bond donors (Lipinski definition) is 2. The van der Waals surface area contributed by atoms with Gasteiger partial charge in [-0.05, 0) is 79.9 Å². The lowest BCUT2D eigenvalue weighted by molar-refractivity contribution is -0.122. The van der Waals surface area contributed by atoms with Crippen LogP contribution in [0.5, 0.6) is 11.5 Å². The molecule has 9 heteroatoms. The Morgan fingerprint density at radius 1 is 1.14 bits per heavy atom. The van der Waals surface area contributed by atoms with Crippen LogP contribution in [0, 0.1) is 12.3 Å². The Balaban J connectivity index is 1.98. The van der Waals surface area contributed by atoms with Crippen LogP contribution in [0.1, 0.15) is 5.56 Å². The number of terminal acetylenes is 1. The lowest BCUT2D eigenvalue weighted by Crippen LogP contribution is -2.54. The molecule has 0 saturated carbocycles. The number of anilines is 1. The number of imide groups is 2. The second-order valence-electron chi connectivity index (χ2n) is 5.78. The average molecular weight is 520 g/mol. The maximum absolute atomic E-state index is 12.9. The smallest absolute Gasteiger partial charge is 0.335 e. The Morgan fingerprint density at radius 3 is 2.34 bits per heavy atom. The number of amides is 4. The Hall–Kier alpha value is -3.09. The van der Waals surface area contributed by atoms with E-state index < -0.39 is 17.8 Å². The van der Waals surface area contributed by atoms with Crippen molar-refractivity contribution in [1.82, 2.24) is 5.32 Å². The molecule has 0 atom stereocenters. The molecule has 1 saturated heterocycles. The molecule has 0 radical (unpaired) electrons. The van der Waals surface area contributed by atoms with Crippen LogP contribution in [0.3, 0.4) is 0 Å². The van der Waals surface area contributed by atoms with E-state index in [2.05, 4.69) is 43.1 Å². The summed E-state index contributed by atoms with van der Waals surface area (Å²) in [5.41, 5.74) is 0.494. The molecule has 0 unspecified atom stereocenters. The standard InChI is InChI=1S/C20H12Br2N2O5/c1-2-7-29-17-15(21)9-11(10-16(17)22)8-14-18(26)23-20(28)24(19(14)27)12-3-5-13(25)6-4-12/h1,3-6,8-10,25H,7H2,(H,23,26,28)/b14-8+. The van der Waals surface area contributed by atoms with Crippen molar-refractivity contribution in [3.8, 4) is 23.8 Å². The molecule has 1 aliphatic rings. The average Bonchev–Trinajstić information content (AvgIpc) is 2.66. The molecule has 1 aliphatic heterocycles. The van der Waals surface area contributed by atoms with Crippen LogP contribution < -0.4 is 15.0 Å². The third-order valence-electron chi connectivity index (χ3n) is 3.84. The summed E-state index contributed by atoms with van der Waals surface area (Å²) < 4.78 is 6.55. The molecule has 2 aromatic carbocycles. The van der Waals surface area contributed by atoms with Gasteiger partial charge in [-0.15, -0.1) is 6.42 Å². The highest BCUT2D eigenvalue weighted by molar-refractivity contribution is 9.11. The van der Waals surface area contributed by atoms with Gasteiger partial charge < -0.3 is 9.84 Å². The summed E-state index contributed by atoms with van der Waals surface area (Å²) in [6.45, 7) is 0.0717. The van der Waals surface area contributed by atoms with Crippen LogP contribution in [0.2, 0.25) is 0 Å². The Labute approximate surface area is 182 Å². The summed E-state index contributed by atoms with van der Waals surface area (Å²) >= 11 is 6.72. The predicted octanol–water partition coefficient (Wildman–Crippen LogP) is 3.60. The number of nitrogens with zero attached hydrogens (tertiary/aromatic N) is 1. The van der Waals surface area contributed by atoms with Gasteiger partial charge in [-0.1, -0.05) is 5.92 Å². The quantitative estimate of drug-likeness (QED) is 0.365. The van der Waals surface area contributed by atoms with Gasteiger partial charge in [0.05, 0.1) is 14.6 Å².